The molecule has 25 heavy (non-hydrogen) atoms. The van der Waals surface area contributed by atoms with Crippen molar-refractivity contribution in [2.75, 3.05) is 13.2 Å². The number of nitrogens with zero attached hydrogens (tertiary/aromatic N) is 1. The van der Waals surface area contributed by atoms with Crippen LogP contribution >= 0.6 is 0 Å². The molecule has 7 nitrogen and oxygen atoms in total. The van der Waals surface area contributed by atoms with Gasteiger partial charge in [0.1, 0.15) is 12.4 Å². The molecule has 134 valence electrons. The number of aliphatic hydroxyl groups is 2. The summed E-state index contributed by atoms with van der Waals surface area (Å²) >= 11 is 0. The number of benzene rings is 1. The fourth-order valence-corrected chi connectivity index (χ4v) is 2.81. The summed E-state index contributed by atoms with van der Waals surface area (Å²) in [6.45, 7) is -0.291. The van der Waals surface area contributed by atoms with Crippen LogP contribution in [0.25, 0.3) is 0 Å². The predicted octanol–water partition coefficient (Wildman–Crippen LogP) is 1.22. The molecule has 0 aliphatic heterocycles. The van der Waals surface area contributed by atoms with Gasteiger partial charge in [0, 0.05) is 12.6 Å². The third-order valence-electron chi connectivity index (χ3n) is 4.20. The highest BCUT2D eigenvalue weighted by molar-refractivity contribution is 5.92. The van der Waals surface area contributed by atoms with Gasteiger partial charge in [-0.1, -0.05) is 11.2 Å². The molecule has 3 N–H and O–H groups in total. The minimum Gasteiger partial charge on any atom is -0.486 e. The van der Waals surface area contributed by atoms with Crippen molar-refractivity contribution >= 4 is 5.91 Å². The van der Waals surface area contributed by atoms with Crippen molar-refractivity contribution in [3.05, 3.63) is 46.8 Å². The summed E-state index contributed by atoms with van der Waals surface area (Å²) in [4.78, 5) is 11.8. The fourth-order valence-electron chi connectivity index (χ4n) is 2.81. The zero-order valence-electron chi connectivity index (χ0n) is 13.9. The normalized spacial score (nSPS) is 14.6. The smallest absolute Gasteiger partial charge is 0.273 e. The van der Waals surface area contributed by atoms with Crippen LogP contribution in [-0.4, -0.2) is 40.5 Å². The van der Waals surface area contributed by atoms with E-state index in [-0.39, 0.29) is 18.8 Å². The van der Waals surface area contributed by atoms with E-state index in [1.54, 1.807) is 0 Å². The Morgan fingerprint density at radius 1 is 1.28 bits per heavy atom. The Labute approximate surface area is 145 Å². The molecule has 0 spiro atoms. The number of aryl methyl sites for hydroxylation is 2. The molecule has 1 amide bonds. The van der Waals surface area contributed by atoms with Gasteiger partial charge in [-0.05, 0) is 48.9 Å². The molecule has 7 heteroatoms. The van der Waals surface area contributed by atoms with Crippen molar-refractivity contribution in [2.24, 2.45) is 0 Å². The molecule has 0 radical (unpaired) electrons. The number of hydrogen-bond donors (Lipinski definition) is 3. The van der Waals surface area contributed by atoms with Gasteiger partial charge >= 0.3 is 0 Å². The number of aliphatic hydroxyl groups excluding tert-OH is 2. The summed E-state index contributed by atoms with van der Waals surface area (Å²) in [5.74, 6) is 0.732. The minimum atomic E-state index is -0.998. The third kappa shape index (κ3) is 4.58. The zero-order valence-corrected chi connectivity index (χ0v) is 13.9. The first-order valence-electron chi connectivity index (χ1n) is 8.43. The second-order valence-corrected chi connectivity index (χ2v) is 6.15. The van der Waals surface area contributed by atoms with Gasteiger partial charge in [-0.15, -0.1) is 0 Å². The first-order valence-corrected chi connectivity index (χ1v) is 8.43. The number of ether oxygens (including phenoxy) is 1. The number of fused-ring (bicyclic) bond motifs is 1. The van der Waals surface area contributed by atoms with Crippen LogP contribution in [-0.2, 0) is 19.4 Å². The number of amides is 1. The summed E-state index contributed by atoms with van der Waals surface area (Å²) in [6, 6.07) is 7.62. The molecule has 0 saturated heterocycles. The summed E-state index contributed by atoms with van der Waals surface area (Å²) in [5, 5.41) is 24.1. The highest BCUT2D eigenvalue weighted by Crippen LogP contribution is 2.25. The van der Waals surface area contributed by atoms with Gasteiger partial charge in [-0.2, -0.15) is 0 Å². The molecule has 1 atom stereocenters. The molecule has 1 unspecified atom stereocenters. The Balaban J connectivity index is 1.54. The van der Waals surface area contributed by atoms with Crippen molar-refractivity contribution < 1.29 is 24.3 Å². The van der Waals surface area contributed by atoms with Gasteiger partial charge in [0.15, 0.2) is 11.5 Å². The number of carbonyl (C=O) groups is 1. The van der Waals surface area contributed by atoms with Crippen LogP contribution in [0, 0.1) is 0 Å². The first-order chi connectivity index (χ1) is 12.2. The molecule has 1 aliphatic rings. The second-order valence-electron chi connectivity index (χ2n) is 6.15. The molecule has 1 aliphatic carbocycles. The maximum Gasteiger partial charge on any atom is 0.273 e. The van der Waals surface area contributed by atoms with E-state index < -0.39 is 18.6 Å². The number of rotatable bonds is 7. The molecular formula is C18H22N2O5. The monoisotopic (exact) mass is 346 g/mol. The van der Waals surface area contributed by atoms with Gasteiger partial charge in [0.25, 0.3) is 5.91 Å². The summed E-state index contributed by atoms with van der Waals surface area (Å²) < 4.78 is 10.8. The molecule has 0 fully saturated rings. The lowest BCUT2D eigenvalue weighted by molar-refractivity contribution is 0.0796. The van der Waals surface area contributed by atoms with E-state index in [0.717, 1.165) is 18.6 Å². The number of hydrogen-bond acceptors (Lipinski definition) is 6. The van der Waals surface area contributed by atoms with Crippen LogP contribution in [0.1, 0.15) is 40.2 Å². The van der Waals surface area contributed by atoms with Crippen LogP contribution in [0.15, 0.2) is 28.8 Å². The molecule has 3 rings (SSSR count). The van der Waals surface area contributed by atoms with Crippen molar-refractivity contribution in [3.63, 3.8) is 0 Å². The van der Waals surface area contributed by atoms with Gasteiger partial charge in [0.05, 0.1) is 12.7 Å². The average molecular weight is 346 g/mol. The van der Waals surface area contributed by atoms with E-state index >= 15 is 0 Å². The maximum absolute atomic E-state index is 11.8. The number of carbonyl (C=O) groups excluding carboxylic acids is 1. The largest absolute Gasteiger partial charge is 0.486 e. The Hall–Kier alpha value is -2.38. The Kier molecular flexibility index (Phi) is 5.67. The van der Waals surface area contributed by atoms with Gasteiger partial charge < -0.3 is 24.8 Å². The molecular weight excluding hydrogens is 324 g/mol. The average Bonchev–Trinajstić information content (AvgIpc) is 3.13. The zero-order chi connectivity index (χ0) is 17.6. The van der Waals surface area contributed by atoms with E-state index in [1.165, 1.54) is 30.0 Å². The standard InChI is InChI=1S/C18H22N2O5/c21-10-14(22)9-19-18(23)17-8-16(25-20-17)11-24-15-6-5-12-3-1-2-4-13(12)7-15/h5-8,14,21-22H,1-4,9-11H2,(H,19,23). The minimum absolute atomic E-state index is 0.0524. The quantitative estimate of drug-likeness (QED) is 0.696. The Morgan fingerprint density at radius 2 is 2.08 bits per heavy atom. The van der Waals surface area contributed by atoms with Crippen LogP contribution < -0.4 is 10.1 Å². The molecule has 0 saturated carbocycles. The Morgan fingerprint density at radius 3 is 2.88 bits per heavy atom. The topological polar surface area (TPSA) is 105 Å². The SMILES string of the molecule is O=C(NCC(O)CO)c1cc(COc2ccc3c(c2)CCCC3)on1. The van der Waals surface area contributed by atoms with E-state index in [9.17, 15) is 9.90 Å². The van der Waals surface area contributed by atoms with Gasteiger partial charge in [0.2, 0.25) is 0 Å². The van der Waals surface area contributed by atoms with Crippen LogP contribution in [0.5, 0.6) is 5.75 Å². The van der Waals surface area contributed by atoms with E-state index in [1.807, 2.05) is 6.07 Å². The van der Waals surface area contributed by atoms with E-state index in [0.29, 0.717) is 5.76 Å². The lowest BCUT2D eigenvalue weighted by atomic mass is 9.92. The highest BCUT2D eigenvalue weighted by atomic mass is 16.5. The maximum atomic E-state index is 11.8. The number of nitrogens with one attached hydrogen (secondary N) is 1. The Bertz CT molecular complexity index is 728. The summed E-state index contributed by atoms with van der Waals surface area (Å²) in [6.07, 6.45) is 3.66. The lowest BCUT2D eigenvalue weighted by Crippen LogP contribution is -2.34. The predicted molar refractivity (Wildman–Crippen MR) is 89.3 cm³/mol. The van der Waals surface area contributed by atoms with Gasteiger partial charge in [-0.25, -0.2) is 0 Å². The first kappa shape index (κ1) is 17.4. The van der Waals surface area contributed by atoms with Crippen molar-refractivity contribution in [1.82, 2.24) is 10.5 Å². The van der Waals surface area contributed by atoms with Crippen molar-refractivity contribution in [1.29, 1.82) is 0 Å². The van der Waals surface area contributed by atoms with Crippen LogP contribution in [0.3, 0.4) is 0 Å². The van der Waals surface area contributed by atoms with E-state index in [2.05, 4.69) is 22.6 Å². The second kappa shape index (κ2) is 8.13. The van der Waals surface area contributed by atoms with Crippen LogP contribution in [0.4, 0.5) is 0 Å². The summed E-state index contributed by atoms with van der Waals surface area (Å²) in [7, 11) is 0. The molecule has 1 aromatic carbocycles. The van der Waals surface area contributed by atoms with E-state index in [4.69, 9.17) is 14.4 Å². The third-order valence-corrected chi connectivity index (χ3v) is 4.20. The highest BCUT2D eigenvalue weighted by Gasteiger charge is 2.15. The van der Waals surface area contributed by atoms with Crippen molar-refractivity contribution in [3.8, 4) is 5.75 Å². The number of aromatic nitrogens is 1. The summed E-state index contributed by atoms with van der Waals surface area (Å²) in [5.41, 5.74) is 2.83. The molecule has 2 aromatic rings. The fraction of sp³-hybridized carbons (Fsp3) is 0.444. The molecule has 0 bridgehead atoms. The van der Waals surface area contributed by atoms with Gasteiger partial charge in [-0.3, -0.25) is 4.79 Å². The molecule has 1 heterocycles. The van der Waals surface area contributed by atoms with Crippen molar-refractivity contribution in [2.45, 2.75) is 38.4 Å². The van der Waals surface area contributed by atoms with Crippen LogP contribution in [0.2, 0.25) is 0 Å². The lowest BCUT2D eigenvalue weighted by Gasteiger charge is -2.16. The molecule has 1 aromatic heterocycles.